The van der Waals surface area contributed by atoms with E-state index in [2.05, 4.69) is 6.58 Å². The fourth-order valence-electron chi connectivity index (χ4n) is 2.08. The Morgan fingerprint density at radius 1 is 1.38 bits per heavy atom. The van der Waals surface area contributed by atoms with E-state index in [0.717, 1.165) is 10.6 Å². The van der Waals surface area contributed by atoms with Crippen molar-refractivity contribution in [1.29, 1.82) is 0 Å². The fraction of sp³-hybridized carbons (Fsp3) is 0.353. The third-order valence-electron chi connectivity index (χ3n) is 3.26. The number of ether oxygens (including phenoxy) is 1. The van der Waals surface area contributed by atoms with E-state index in [1.54, 1.807) is 6.08 Å². The highest BCUT2D eigenvalue weighted by molar-refractivity contribution is 6.32. The SMILES string of the molecule is C=CCCOc1cc(-n2c(Cl)c(C(C)(C)C)oc2=O)c(F)cc1Cl. The third-order valence-corrected chi connectivity index (χ3v) is 3.89. The van der Waals surface area contributed by atoms with Gasteiger partial charge in [0.2, 0.25) is 0 Å². The standard InChI is InChI=1S/C17H18Cl2FNO3/c1-5-6-7-23-13-9-12(11(20)8-10(13)18)21-15(19)14(17(2,3)4)24-16(21)22/h5,8-9H,1,6-7H2,2-4H3. The molecule has 0 aliphatic carbocycles. The van der Waals surface area contributed by atoms with Crippen LogP contribution >= 0.6 is 23.2 Å². The molecule has 0 N–H and O–H groups in total. The minimum absolute atomic E-state index is 0.0192. The smallest absolute Gasteiger partial charge is 0.425 e. The summed E-state index contributed by atoms with van der Waals surface area (Å²) in [5.41, 5.74) is -0.588. The number of halogens is 3. The summed E-state index contributed by atoms with van der Waals surface area (Å²) in [6.07, 6.45) is 2.29. The molecule has 1 aromatic carbocycles. The van der Waals surface area contributed by atoms with Gasteiger partial charge in [-0.2, -0.15) is 0 Å². The van der Waals surface area contributed by atoms with Gasteiger partial charge in [-0.25, -0.2) is 13.8 Å². The first-order valence-corrected chi connectivity index (χ1v) is 8.07. The van der Waals surface area contributed by atoms with E-state index in [9.17, 15) is 9.18 Å². The number of hydrogen-bond donors (Lipinski definition) is 0. The minimum Gasteiger partial charge on any atom is -0.492 e. The molecule has 7 heteroatoms. The molecule has 0 unspecified atom stereocenters. The second-order valence-corrected chi connectivity index (χ2v) is 7.00. The molecular formula is C17H18Cl2FNO3. The van der Waals surface area contributed by atoms with Crippen molar-refractivity contribution in [2.45, 2.75) is 32.6 Å². The van der Waals surface area contributed by atoms with Crippen LogP contribution in [-0.4, -0.2) is 11.2 Å². The molecule has 4 nitrogen and oxygen atoms in total. The molecule has 0 amide bonds. The Balaban J connectivity index is 2.57. The summed E-state index contributed by atoms with van der Waals surface area (Å²) in [5, 5.41) is 0.120. The van der Waals surface area contributed by atoms with Gasteiger partial charge in [0.15, 0.2) is 10.9 Å². The van der Waals surface area contributed by atoms with Crippen LogP contribution in [0.2, 0.25) is 10.2 Å². The Kier molecular flexibility index (Phi) is 5.45. The Morgan fingerprint density at radius 3 is 2.58 bits per heavy atom. The van der Waals surface area contributed by atoms with Crippen molar-refractivity contribution in [2.75, 3.05) is 6.61 Å². The predicted molar refractivity (Wildman–Crippen MR) is 93.3 cm³/mol. The van der Waals surface area contributed by atoms with Crippen molar-refractivity contribution < 1.29 is 13.5 Å². The van der Waals surface area contributed by atoms with Crippen LogP contribution in [0.15, 0.2) is 34.0 Å². The zero-order valence-corrected chi connectivity index (χ0v) is 15.2. The lowest BCUT2D eigenvalue weighted by Gasteiger charge is -2.15. The summed E-state index contributed by atoms with van der Waals surface area (Å²) in [5.74, 6) is -0.960. The molecule has 0 aliphatic heterocycles. The zero-order chi connectivity index (χ0) is 18.1. The molecule has 0 radical (unpaired) electrons. The van der Waals surface area contributed by atoms with E-state index < -0.39 is 17.0 Å². The average Bonchev–Trinajstić information content (AvgIpc) is 2.77. The van der Waals surface area contributed by atoms with Gasteiger partial charge in [-0.1, -0.05) is 50.0 Å². The molecule has 1 heterocycles. The van der Waals surface area contributed by atoms with Gasteiger partial charge >= 0.3 is 5.76 Å². The molecular weight excluding hydrogens is 356 g/mol. The lowest BCUT2D eigenvalue weighted by atomic mass is 9.94. The highest BCUT2D eigenvalue weighted by atomic mass is 35.5. The Morgan fingerprint density at radius 2 is 2.04 bits per heavy atom. The van der Waals surface area contributed by atoms with Gasteiger partial charge in [0.25, 0.3) is 0 Å². The van der Waals surface area contributed by atoms with Crippen LogP contribution in [0.5, 0.6) is 5.75 Å². The number of oxazole rings is 1. The normalized spacial score (nSPS) is 11.6. The maximum absolute atomic E-state index is 14.4. The molecule has 0 saturated carbocycles. The fourth-order valence-corrected chi connectivity index (χ4v) is 2.76. The van der Waals surface area contributed by atoms with Crippen LogP contribution in [0.1, 0.15) is 33.0 Å². The molecule has 0 aliphatic rings. The van der Waals surface area contributed by atoms with Crippen LogP contribution in [-0.2, 0) is 5.41 Å². The number of benzene rings is 1. The van der Waals surface area contributed by atoms with Crippen molar-refractivity contribution in [3.63, 3.8) is 0 Å². The minimum atomic E-state index is -0.775. The van der Waals surface area contributed by atoms with E-state index in [4.69, 9.17) is 32.4 Å². The first-order valence-electron chi connectivity index (χ1n) is 7.31. The first kappa shape index (κ1) is 18.6. The van der Waals surface area contributed by atoms with Crippen LogP contribution in [0.3, 0.4) is 0 Å². The van der Waals surface area contributed by atoms with Crippen molar-refractivity contribution in [2.24, 2.45) is 0 Å². The maximum Gasteiger partial charge on any atom is 0.425 e. The van der Waals surface area contributed by atoms with E-state index in [0.29, 0.717) is 13.0 Å². The van der Waals surface area contributed by atoms with Crippen molar-refractivity contribution in [1.82, 2.24) is 4.57 Å². The number of hydrogen-bond acceptors (Lipinski definition) is 3. The highest BCUT2D eigenvalue weighted by Gasteiger charge is 2.28. The molecule has 2 rings (SSSR count). The predicted octanol–water partition coefficient (Wildman–Crippen LogP) is 5.13. The topological polar surface area (TPSA) is 44.4 Å². The molecule has 0 saturated heterocycles. The van der Waals surface area contributed by atoms with Gasteiger partial charge in [0.1, 0.15) is 11.6 Å². The summed E-state index contributed by atoms with van der Waals surface area (Å²) >= 11 is 12.2. The van der Waals surface area contributed by atoms with Gasteiger partial charge < -0.3 is 9.15 Å². The lowest BCUT2D eigenvalue weighted by molar-refractivity contribution is 0.324. The van der Waals surface area contributed by atoms with E-state index in [-0.39, 0.29) is 27.4 Å². The Labute approximate surface area is 149 Å². The Hall–Kier alpha value is -1.72. The molecule has 1 aromatic heterocycles. The van der Waals surface area contributed by atoms with Crippen molar-refractivity contribution in [3.8, 4) is 11.4 Å². The Bertz CT molecular complexity index is 818. The number of rotatable bonds is 5. The quantitative estimate of drug-likeness (QED) is 0.538. The molecule has 24 heavy (non-hydrogen) atoms. The molecule has 130 valence electrons. The third kappa shape index (κ3) is 3.68. The van der Waals surface area contributed by atoms with E-state index in [1.807, 2.05) is 20.8 Å². The van der Waals surface area contributed by atoms with E-state index in [1.165, 1.54) is 6.07 Å². The molecule has 0 bridgehead atoms. The highest BCUT2D eigenvalue weighted by Crippen LogP contribution is 2.34. The van der Waals surface area contributed by atoms with Crippen LogP contribution in [0, 0.1) is 5.82 Å². The van der Waals surface area contributed by atoms with Crippen molar-refractivity contribution in [3.05, 3.63) is 57.1 Å². The van der Waals surface area contributed by atoms with Gasteiger partial charge in [0, 0.05) is 11.5 Å². The number of aromatic nitrogens is 1. The summed E-state index contributed by atoms with van der Waals surface area (Å²) in [6, 6.07) is 2.41. The molecule has 0 fully saturated rings. The largest absolute Gasteiger partial charge is 0.492 e. The number of nitrogens with zero attached hydrogens (tertiary/aromatic N) is 1. The lowest BCUT2D eigenvalue weighted by Crippen LogP contribution is -2.14. The molecule has 0 spiro atoms. The van der Waals surface area contributed by atoms with Crippen LogP contribution in [0.4, 0.5) is 4.39 Å². The van der Waals surface area contributed by atoms with Gasteiger partial charge in [0.05, 0.1) is 17.3 Å². The maximum atomic E-state index is 14.4. The van der Waals surface area contributed by atoms with E-state index >= 15 is 0 Å². The summed E-state index contributed by atoms with van der Waals surface area (Å²) < 4.78 is 26.0. The summed E-state index contributed by atoms with van der Waals surface area (Å²) in [4.78, 5) is 12.2. The van der Waals surface area contributed by atoms with Gasteiger partial charge in [-0.3, -0.25) is 0 Å². The monoisotopic (exact) mass is 373 g/mol. The average molecular weight is 374 g/mol. The van der Waals surface area contributed by atoms with Gasteiger partial charge in [-0.05, 0) is 12.5 Å². The summed E-state index contributed by atoms with van der Waals surface area (Å²) in [6.45, 7) is 9.43. The van der Waals surface area contributed by atoms with Gasteiger partial charge in [-0.15, -0.1) is 6.58 Å². The second kappa shape index (κ2) is 7.03. The van der Waals surface area contributed by atoms with Crippen molar-refractivity contribution >= 4 is 23.2 Å². The second-order valence-electron chi connectivity index (χ2n) is 6.23. The van der Waals surface area contributed by atoms with Crippen LogP contribution < -0.4 is 10.5 Å². The summed E-state index contributed by atoms with van der Waals surface area (Å²) in [7, 11) is 0. The first-order chi connectivity index (χ1) is 11.2. The van der Waals surface area contributed by atoms with Crippen LogP contribution in [0.25, 0.3) is 5.69 Å². The molecule has 0 atom stereocenters. The molecule has 2 aromatic rings. The zero-order valence-electron chi connectivity index (χ0n) is 13.7.